The summed E-state index contributed by atoms with van der Waals surface area (Å²) in [4.78, 5) is 22.8. The lowest BCUT2D eigenvalue weighted by Crippen LogP contribution is -2.34. The monoisotopic (exact) mass is 266 g/mol. The number of carbonyl (C=O) groups excluding carboxylic acids is 1. The van der Waals surface area contributed by atoms with Crippen LogP contribution >= 0.6 is 0 Å². The van der Waals surface area contributed by atoms with Crippen LogP contribution in [0.5, 0.6) is 0 Å². The first-order valence-corrected chi connectivity index (χ1v) is 6.41. The molecule has 2 N–H and O–H groups in total. The number of carboxylic acid groups (broad SMARTS) is 1. The van der Waals surface area contributed by atoms with E-state index in [0.717, 1.165) is 17.7 Å². The van der Waals surface area contributed by atoms with Gasteiger partial charge in [0.15, 0.2) is 0 Å². The van der Waals surface area contributed by atoms with Gasteiger partial charge in [0.25, 0.3) is 0 Å². The maximum absolute atomic E-state index is 11.9. The molecule has 19 heavy (non-hydrogen) atoms. The molecule has 6 nitrogen and oxygen atoms in total. The fourth-order valence-corrected chi connectivity index (χ4v) is 2.53. The zero-order valence-corrected chi connectivity index (χ0v) is 11.1. The van der Waals surface area contributed by atoms with Crippen LogP contribution in [-0.4, -0.2) is 28.2 Å². The molecule has 0 aromatic carbocycles. The second-order valence-electron chi connectivity index (χ2n) is 5.09. The number of nitrogens with one attached hydrogen (secondary N) is 1. The summed E-state index contributed by atoms with van der Waals surface area (Å²) in [6.07, 6.45) is 2.11. The topological polar surface area (TPSA) is 92.4 Å². The Hall–Kier alpha value is -1.85. The summed E-state index contributed by atoms with van der Waals surface area (Å²) in [7, 11) is 0. The molecule has 1 fully saturated rings. The van der Waals surface area contributed by atoms with Gasteiger partial charge in [0, 0.05) is 11.6 Å². The molecule has 0 radical (unpaired) electrons. The van der Waals surface area contributed by atoms with Crippen molar-refractivity contribution in [2.45, 2.75) is 45.6 Å². The molecule has 0 saturated heterocycles. The summed E-state index contributed by atoms with van der Waals surface area (Å²) in [6.45, 7) is 3.58. The van der Waals surface area contributed by atoms with Gasteiger partial charge >= 0.3 is 5.97 Å². The van der Waals surface area contributed by atoms with Crippen LogP contribution in [0.3, 0.4) is 0 Å². The average Bonchev–Trinajstić information content (AvgIpc) is 2.91. The Morgan fingerprint density at radius 2 is 2.16 bits per heavy atom. The van der Waals surface area contributed by atoms with Gasteiger partial charge in [-0.1, -0.05) is 5.16 Å². The van der Waals surface area contributed by atoms with E-state index in [1.54, 1.807) is 13.8 Å². The molecular formula is C13H18N2O4. The normalized spacial score (nSPS) is 22.4. The lowest BCUT2D eigenvalue weighted by atomic mass is 10.1. The lowest BCUT2D eigenvalue weighted by molar-refractivity contribution is -0.141. The van der Waals surface area contributed by atoms with Gasteiger partial charge < -0.3 is 14.9 Å². The van der Waals surface area contributed by atoms with E-state index in [1.165, 1.54) is 0 Å². The number of aromatic nitrogens is 1. The summed E-state index contributed by atoms with van der Waals surface area (Å²) in [5, 5.41) is 15.6. The second kappa shape index (κ2) is 5.42. The molecule has 0 bridgehead atoms. The van der Waals surface area contributed by atoms with E-state index in [9.17, 15) is 9.59 Å². The summed E-state index contributed by atoms with van der Waals surface area (Å²) >= 11 is 0. The molecule has 2 rings (SSSR count). The van der Waals surface area contributed by atoms with Crippen LogP contribution in [0.15, 0.2) is 4.52 Å². The van der Waals surface area contributed by atoms with Crippen LogP contribution in [0, 0.1) is 19.8 Å². The fraction of sp³-hybridized carbons (Fsp3) is 0.615. The molecule has 1 aromatic rings. The second-order valence-corrected chi connectivity index (χ2v) is 5.09. The quantitative estimate of drug-likeness (QED) is 0.854. The highest BCUT2D eigenvalue weighted by atomic mass is 16.5. The van der Waals surface area contributed by atoms with Gasteiger partial charge in [0.2, 0.25) is 5.91 Å². The Kier molecular flexibility index (Phi) is 3.87. The highest BCUT2D eigenvalue weighted by Crippen LogP contribution is 2.25. The summed E-state index contributed by atoms with van der Waals surface area (Å²) < 4.78 is 5.01. The molecule has 0 aliphatic heterocycles. The van der Waals surface area contributed by atoms with E-state index in [1.807, 2.05) is 0 Å². The molecule has 0 spiro atoms. The van der Waals surface area contributed by atoms with Gasteiger partial charge in [-0.25, -0.2) is 0 Å². The molecule has 1 aliphatic rings. The van der Waals surface area contributed by atoms with Crippen LogP contribution in [0.2, 0.25) is 0 Å². The first-order chi connectivity index (χ1) is 8.97. The molecule has 1 aromatic heterocycles. The van der Waals surface area contributed by atoms with Crippen molar-refractivity contribution in [3.8, 4) is 0 Å². The maximum Gasteiger partial charge on any atom is 0.306 e. The molecule has 1 heterocycles. The third-order valence-electron chi connectivity index (χ3n) is 3.67. The van der Waals surface area contributed by atoms with Crippen molar-refractivity contribution in [2.24, 2.45) is 5.92 Å². The standard InChI is InChI=1S/C13H18N2O4/c1-7-11(8(2)19-15-7)6-12(16)14-10-4-3-9(5-10)13(17)18/h9-10H,3-6H2,1-2H3,(H,14,16)(H,17,18)/t9-,10+/m1/s1. The molecule has 2 atom stereocenters. The predicted molar refractivity (Wildman–Crippen MR) is 66.6 cm³/mol. The van der Waals surface area contributed by atoms with Crippen molar-refractivity contribution in [2.75, 3.05) is 0 Å². The van der Waals surface area contributed by atoms with Crippen molar-refractivity contribution in [1.82, 2.24) is 10.5 Å². The van der Waals surface area contributed by atoms with E-state index in [4.69, 9.17) is 9.63 Å². The molecule has 1 aliphatic carbocycles. The number of hydrogen-bond acceptors (Lipinski definition) is 4. The van der Waals surface area contributed by atoms with Crippen LogP contribution in [0.4, 0.5) is 0 Å². The van der Waals surface area contributed by atoms with Gasteiger partial charge in [-0.3, -0.25) is 9.59 Å². The average molecular weight is 266 g/mol. The number of carboxylic acids is 1. The van der Waals surface area contributed by atoms with Crippen molar-refractivity contribution in [3.05, 3.63) is 17.0 Å². The van der Waals surface area contributed by atoms with Crippen molar-refractivity contribution < 1.29 is 19.2 Å². The highest BCUT2D eigenvalue weighted by Gasteiger charge is 2.30. The molecule has 6 heteroatoms. The Labute approximate surface area is 111 Å². The third-order valence-corrected chi connectivity index (χ3v) is 3.67. The number of nitrogens with zero attached hydrogens (tertiary/aromatic N) is 1. The maximum atomic E-state index is 11.9. The first kappa shape index (κ1) is 13.6. The SMILES string of the molecule is Cc1noc(C)c1CC(=O)N[C@H]1CC[C@@H](C(=O)O)C1. The first-order valence-electron chi connectivity index (χ1n) is 6.41. The predicted octanol–water partition coefficient (Wildman–Crippen LogP) is 1.20. The van der Waals surface area contributed by atoms with Crippen LogP contribution < -0.4 is 5.32 Å². The molecule has 104 valence electrons. The zero-order chi connectivity index (χ0) is 14.0. The minimum Gasteiger partial charge on any atom is -0.481 e. The van der Waals surface area contributed by atoms with Gasteiger partial charge in [0.05, 0.1) is 18.0 Å². The Bertz CT molecular complexity index is 475. The smallest absolute Gasteiger partial charge is 0.306 e. The van der Waals surface area contributed by atoms with Crippen molar-refractivity contribution >= 4 is 11.9 Å². The van der Waals surface area contributed by atoms with Gasteiger partial charge in [-0.2, -0.15) is 0 Å². The van der Waals surface area contributed by atoms with Gasteiger partial charge in [-0.15, -0.1) is 0 Å². The Morgan fingerprint density at radius 3 is 2.68 bits per heavy atom. The number of rotatable bonds is 4. The minimum absolute atomic E-state index is 0.0333. The number of aliphatic carboxylic acids is 1. The summed E-state index contributed by atoms with van der Waals surface area (Å²) in [5.41, 5.74) is 1.53. The number of hydrogen-bond donors (Lipinski definition) is 2. The largest absolute Gasteiger partial charge is 0.481 e. The molecular weight excluding hydrogens is 248 g/mol. The van der Waals surface area contributed by atoms with E-state index >= 15 is 0 Å². The Balaban J connectivity index is 1.87. The minimum atomic E-state index is -0.775. The van der Waals surface area contributed by atoms with Crippen LogP contribution in [0.1, 0.15) is 36.3 Å². The number of aryl methyl sites for hydroxylation is 2. The fourth-order valence-electron chi connectivity index (χ4n) is 2.53. The zero-order valence-electron chi connectivity index (χ0n) is 11.1. The van der Waals surface area contributed by atoms with Crippen LogP contribution in [-0.2, 0) is 16.0 Å². The highest BCUT2D eigenvalue weighted by molar-refractivity contribution is 5.79. The van der Waals surface area contributed by atoms with E-state index in [2.05, 4.69) is 10.5 Å². The lowest BCUT2D eigenvalue weighted by Gasteiger charge is -2.12. The van der Waals surface area contributed by atoms with E-state index in [-0.39, 0.29) is 24.3 Å². The number of carbonyl (C=O) groups is 2. The van der Waals surface area contributed by atoms with Gasteiger partial charge in [-0.05, 0) is 33.1 Å². The summed E-state index contributed by atoms with van der Waals surface area (Å²) in [6, 6.07) is -0.0333. The van der Waals surface area contributed by atoms with Crippen molar-refractivity contribution in [3.63, 3.8) is 0 Å². The van der Waals surface area contributed by atoms with E-state index in [0.29, 0.717) is 18.6 Å². The van der Waals surface area contributed by atoms with Crippen LogP contribution in [0.25, 0.3) is 0 Å². The molecule has 1 amide bonds. The summed E-state index contributed by atoms with van der Waals surface area (Å²) in [5.74, 6) is -0.556. The molecule has 1 saturated carbocycles. The Morgan fingerprint density at radius 1 is 1.42 bits per heavy atom. The number of amides is 1. The van der Waals surface area contributed by atoms with Crippen molar-refractivity contribution in [1.29, 1.82) is 0 Å². The molecule has 0 unspecified atom stereocenters. The van der Waals surface area contributed by atoms with Gasteiger partial charge in [0.1, 0.15) is 5.76 Å². The third kappa shape index (κ3) is 3.13. The van der Waals surface area contributed by atoms with E-state index < -0.39 is 5.97 Å².